The first kappa shape index (κ1) is 17.5. The van der Waals surface area contributed by atoms with E-state index in [2.05, 4.69) is 30.5 Å². The normalized spacial score (nSPS) is 32.4. The van der Waals surface area contributed by atoms with Gasteiger partial charge in [-0.2, -0.15) is 0 Å². The number of benzene rings is 1. The maximum atomic E-state index is 6.57. The van der Waals surface area contributed by atoms with Gasteiger partial charge in [0.1, 0.15) is 0 Å². The van der Waals surface area contributed by atoms with Crippen molar-refractivity contribution in [3.63, 3.8) is 0 Å². The quantitative estimate of drug-likeness (QED) is 0.744. The average Bonchev–Trinajstić information content (AvgIpc) is 3.32. The Labute approximate surface area is 161 Å². The Morgan fingerprint density at radius 3 is 2.85 bits per heavy atom. The van der Waals surface area contributed by atoms with Crippen molar-refractivity contribution in [3.8, 4) is 11.5 Å². The Hall–Kier alpha value is -1.56. The van der Waals surface area contributed by atoms with Crippen molar-refractivity contribution in [3.05, 3.63) is 35.9 Å². The summed E-state index contributed by atoms with van der Waals surface area (Å²) in [5, 5.41) is 0. The van der Waals surface area contributed by atoms with E-state index in [0.29, 0.717) is 31.1 Å². The number of methoxy groups -OCH3 is 1. The van der Waals surface area contributed by atoms with Crippen molar-refractivity contribution >= 4 is 0 Å². The molecule has 0 amide bonds. The van der Waals surface area contributed by atoms with Gasteiger partial charge >= 0.3 is 0 Å². The topological polar surface area (TPSA) is 40.2 Å². The average molecular weight is 371 g/mol. The summed E-state index contributed by atoms with van der Waals surface area (Å²) in [6.45, 7) is 9.47. The van der Waals surface area contributed by atoms with Crippen LogP contribution in [0.25, 0.3) is 0 Å². The maximum absolute atomic E-state index is 6.57. The van der Waals surface area contributed by atoms with Crippen LogP contribution >= 0.6 is 0 Å². The predicted molar refractivity (Wildman–Crippen MR) is 102 cm³/mol. The molecule has 2 aliphatic heterocycles. The number of fused-ring (bicyclic) bond motifs is 1. The summed E-state index contributed by atoms with van der Waals surface area (Å²) in [6, 6.07) is 4.77. The van der Waals surface area contributed by atoms with E-state index in [1.54, 1.807) is 7.11 Å². The van der Waals surface area contributed by atoms with Crippen LogP contribution in [0.3, 0.4) is 0 Å². The zero-order valence-corrected chi connectivity index (χ0v) is 16.3. The van der Waals surface area contributed by atoms with Gasteiger partial charge in [-0.25, -0.2) is 0 Å². The largest absolute Gasteiger partial charge is 0.493 e. The van der Waals surface area contributed by atoms with E-state index in [4.69, 9.17) is 18.9 Å². The molecule has 1 saturated heterocycles. The van der Waals surface area contributed by atoms with Gasteiger partial charge in [0.25, 0.3) is 0 Å². The lowest BCUT2D eigenvalue weighted by atomic mass is 9.63. The highest BCUT2D eigenvalue weighted by Crippen LogP contribution is 2.60. The van der Waals surface area contributed by atoms with Gasteiger partial charge in [-0.05, 0) is 36.9 Å². The molecular weight excluding hydrogens is 342 g/mol. The molecule has 1 saturated carbocycles. The van der Waals surface area contributed by atoms with Gasteiger partial charge in [-0.3, -0.25) is 4.90 Å². The molecule has 5 nitrogen and oxygen atoms in total. The van der Waals surface area contributed by atoms with E-state index < -0.39 is 5.79 Å². The molecule has 1 aromatic carbocycles. The Morgan fingerprint density at radius 1 is 1.33 bits per heavy atom. The van der Waals surface area contributed by atoms with Crippen LogP contribution in [0.5, 0.6) is 11.5 Å². The number of nitrogens with zero attached hydrogens (tertiary/aromatic N) is 1. The summed E-state index contributed by atoms with van der Waals surface area (Å²) in [4.78, 5) is 2.56. The molecule has 0 N–H and O–H groups in total. The summed E-state index contributed by atoms with van der Waals surface area (Å²) in [5.74, 6) is 1.98. The summed E-state index contributed by atoms with van der Waals surface area (Å²) in [7, 11) is 1.72. The monoisotopic (exact) mass is 371 g/mol. The van der Waals surface area contributed by atoms with Gasteiger partial charge in [0.15, 0.2) is 17.6 Å². The summed E-state index contributed by atoms with van der Waals surface area (Å²) in [6.07, 6.45) is 4.98. The number of hydrogen-bond donors (Lipinski definition) is 0. The van der Waals surface area contributed by atoms with Crippen LogP contribution in [-0.2, 0) is 15.9 Å². The SMILES string of the molecule is C=CCN(CC)[C@H]1Cc2ccc(OC)c3c2C2[C@@H]1CCC1(OCCO1)[C@H]2O3. The lowest BCUT2D eigenvalue weighted by Gasteiger charge is -2.50. The molecular formula is C22H29NO4. The minimum atomic E-state index is -0.597. The highest BCUT2D eigenvalue weighted by molar-refractivity contribution is 5.58. The first-order chi connectivity index (χ1) is 13.2. The highest BCUT2D eigenvalue weighted by atomic mass is 16.8. The number of ether oxygens (including phenoxy) is 4. The van der Waals surface area contributed by atoms with Gasteiger partial charge in [0, 0.05) is 30.5 Å². The standard InChI is InChI=1S/C22H29NO4/c1-4-10-23(5-2)16-13-14-6-7-17(24-3)20-18(14)19-15(16)8-9-22(21(19)27-20)25-11-12-26-22/h4,6-7,15-16,19,21H,1,5,8-13H2,2-3H3/t15-,16+,19?,21+/m1/s1. The molecule has 4 atom stereocenters. The van der Waals surface area contributed by atoms with Crippen molar-refractivity contribution in [1.29, 1.82) is 0 Å². The van der Waals surface area contributed by atoms with Crippen LogP contribution in [0.1, 0.15) is 36.8 Å². The van der Waals surface area contributed by atoms with Crippen LogP contribution in [0, 0.1) is 5.92 Å². The van der Waals surface area contributed by atoms with Gasteiger partial charge in [-0.15, -0.1) is 6.58 Å². The molecule has 1 unspecified atom stereocenters. The highest BCUT2D eigenvalue weighted by Gasteiger charge is 2.62. The minimum Gasteiger partial charge on any atom is -0.493 e. The van der Waals surface area contributed by atoms with Crippen molar-refractivity contribution in [2.75, 3.05) is 33.4 Å². The van der Waals surface area contributed by atoms with E-state index in [1.165, 1.54) is 11.1 Å². The van der Waals surface area contributed by atoms with E-state index in [9.17, 15) is 0 Å². The second-order valence-corrected chi connectivity index (χ2v) is 8.09. The fourth-order valence-corrected chi connectivity index (χ4v) is 5.94. The van der Waals surface area contributed by atoms with Crippen molar-refractivity contribution < 1.29 is 18.9 Å². The molecule has 146 valence electrons. The third-order valence-corrected chi connectivity index (χ3v) is 7.03. The second-order valence-electron chi connectivity index (χ2n) is 8.09. The second kappa shape index (κ2) is 6.50. The number of hydrogen-bond acceptors (Lipinski definition) is 5. The predicted octanol–water partition coefficient (Wildman–Crippen LogP) is 3.13. The third-order valence-electron chi connectivity index (χ3n) is 7.03. The van der Waals surface area contributed by atoms with Crippen LogP contribution < -0.4 is 9.47 Å². The summed E-state index contributed by atoms with van der Waals surface area (Å²) < 4.78 is 24.5. The van der Waals surface area contributed by atoms with E-state index >= 15 is 0 Å². The molecule has 2 fully saturated rings. The van der Waals surface area contributed by atoms with Crippen molar-refractivity contribution in [2.24, 2.45) is 5.92 Å². The zero-order chi connectivity index (χ0) is 18.6. The van der Waals surface area contributed by atoms with Crippen LogP contribution in [0.15, 0.2) is 24.8 Å². The zero-order valence-electron chi connectivity index (χ0n) is 16.3. The van der Waals surface area contributed by atoms with E-state index in [-0.39, 0.29) is 6.10 Å². The number of likely N-dealkylation sites (N-methyl/N-ethyl adjacent to an activating group) is 1. The van der Waals surface area contributed by atoms with E-state index in [0.717, 1.165) is 43.9 Å². The lowest BCUT2D eigenvalue weighted by molar-refractivity contribution is -0.238. The van der Waals surface area contributed by atoms with Crippen molar-refractivity contribution in [1.82, 2.24) is 4.90 Å². The molecule has 0 aromatic heterocycles. The molecule has 2 aliphatic carbocycles. The molecule has 5 rings (SSSR count). The fraction of sp³-hybridized carbons (Fsp3) is 0.636. The first-order valence-corrected chi connectivity index (χ1v) is 10.2. The van der Waals surface area contributed by atoms with Gasteiger partial charge in [0.2, 0.25) is 5.79 Å². The van der Waals surface area contributed by atoms with Crippen LogP contribution in [-0.4, -0.2) is 56.2 Å². The number of rotatable bonds is 5. The third kappa shape index (κ3) is 2.41. The van der Waals surface area contributed by atoms with Gasteiger partial charge in [-0.1, -0.05) is 19.1 Å². The molecule has 0 radical (unpaired) electrons. The Balaban J connectivity index is 1.62. The molecule has 27 heavy (non-hydrogen) atoms. The molecule has 0 bridgehead atoms. The lowest BCUT2D eigenvalue weighted by Crippen LogP contribution is -2.58. The summed E-state index contributed by atoms with van der Waals surface area (Å²) >= 11 is 0. The van der Waals surface area contributed by atoms with E-state index in [1.807, 2.05) is 6.08 Å². The summed E-state index contributed by atoms with van der Waals surface area (Å²) in [5.41, 5.74) is 2.73. The molecule has 1 spiro atoms. The molecule has 4 aliphatic rings. The van der Waals surface area contributed by atoms with Crippen LogP contribution in [0.4, 0.5) is 0 Å². The smallest absolute Gasteiger partial charge is 0.206 e. The molecule has 2 heterocycles. The minimum absolute atomic E-state index is 0.0889. The molecule has 5 heteroatoms. The Kier molecular flexibility index (Phi) is 4.22. The molecule has 1 aromatic rings. The van der Waals surface area contributed by atoms with Crippen LogP contribution in [0.2, 0.25) is 0 Å². The maximum Gasteiger partial charge on any atom is 0.206 e. The fourth-order valence-electron chi connectivity index (χ4n) is 5.94. The Morgan fingerprint density at radius 2 is 2.15 bits per heavy atom. The van der Waals surface area contributed by atoms with Crippen molar-refractivity contribution in [2.45, 2.75) is 50.0 Å². The van der Waals surface area contributed by atoms with Gasteiger partial charge < -0.3 is 18.9 Å². The van der Waals surface area contributed by atoms with Gasteiger partial charge in [0.05, 0.1) is 20.3 Å². The first-order valence-electron chi connectivity index (χ1n) is 10.2. The Bertz CT molecular complexity index is 742.